The molecule has 0 amide bonds. The fourth-order valence-corrected chi connectivity index (χ4v) is 3.11. The van der Waals surface area contributed by atoms with Crippen molar-refractivity contribution in [2.75, 3.05) is 0 Å². The summed E-state index contributed by atoms with van der Waals surface area (Å²) in [7, 11) is 0. The predicted molar refractivity (Wildman–Crippen MR) is 101 cm³/mol. The molecule has 3 nitrogen and oxygen atoms in total. The average Bonchev–Trinajstić information content (AvgIpc) is 3.05. The lowest BCUT2D eigenvalue weighted by Gasteiger charge is -2.09. The summed E-state index contributed by atoms with van der Waals surface area (Å²) in [6, 6.07) is 16.4. The van der Waals surface area contributed by atoms with E-state index in [4.69, 9.17) is 0 Å². The highest BCUT2D eigenvalue weighted by Gasteiger charge is 2.14. The Morgan fingerprint density at radius 3 is 2.50 bits per heavy atom. The van der Waals surface area contributed by atoms with Gasteiger partial charge >= 0.3 is 0 Å². The topological polar surface area (TPSA) is 34.4 Å². The summed E-state index contributed by atoms with van der Waals surface area (Å²) in [5, 5.41) is 0. The first-order valence-electron chi connectivity index (χ1n) is 8.38. The van der Waals surface area contributed by atoms with Crippen LogP contribution < -0.4 is 0 Å². The van der Waals surface area contributed by atoms with Crippen molar-refractivity contribution in [3.8, 4) is 22.4 Å². The van der Waals surface area contributed by atoms with E-state index in [1.54, 1.807) is 18.2 Å². The van der Waals surface area contributed by atoms with Gasteiger partial charge in [-0.1, -0.05) is 36.4 Å². The number of aromatic nitrogens is 2. The number of Topliss-reactive ketones (excluding diaryl/α,β-unsaturated/α-hetero) is 1. The van der Waals surface area contributed by atoms with Gasteiger partial charge in [-0.2, -0.15) is 0 Å². The standard InChI is InChI=1S/C22H17FN2O/c1-14-7-8-18(20(23)11-14)17-5-3-4-6-19(17)21-13-25-10-9-16(15(2)26)12-22(25)24-21/h3-13H,1-2H3. The average molecular weight is 344 g/mol. The Morgan fingerprint density at radius 2 is 1.77 bits per heavy atom. The SMILES string of the molecule is CC(=O)c1ccn2cc(-c3ccccc3-c3ccc(C)cc3F)nc2c1. The molecule has 0 atom stereocenters. The van der Waals surface area contributed by atoms with Crippen molar-refractivity contribution in [1.29, 1.82) is 0 Å². The van der Waals surface area contributed by atoms with Crippen LogP contribution in [-0.2, 0) is 0 Å². The molecule has 128 valence electrons. The molecule has 0 aliphatic rings. The van der Waals surface area contributed by atoms with E-state index in [-0.39, 0.29) is 11.6 Å². The molecule has 0 unspecified atom stereocenters. The molecule has 0 radical (unpaired) electrons. The van der Waals surface area contributed by atoms with E-state index < -0.39 is 0 Å². The smallest absolute Gasteiger partial charge is 0.159 e. The largest absolute Gasteiger partial charge is 0.306 e. The quantitative estimate of drug-likeness (QED) is 0.472. The van der Waals surface area contributed by atoms with E-state index in [1.807, 2.05) is 54.0 Å². The molecule has 4 aromatic rings. The molecule has 4 heteroatoms. The fraction of sp³-hybridized carbons (Fsp3) is 0.0909. The van der Waals surface area contributed by atoms with Gasteiger partial charge in [-0.05, 0) is 43.2 Å². The normalized spacial score (nSPS) is 11.0. The fourth-order valence-electron chi connectivity index (χ4n) is 3.11. The van der Waals surface area contributed by atoms with Crippen molar-refractivity contribution in [2.45, 2.75) is 13.8 Å². The number of hydrogen-bond donors (Lipinski definition) is 0. The zero-order valence-corrected chi connectivity index (χ0v) is 14.5. The molecule has 2 aromatic heterocycles. The Labute approximate surface area is 150 Å². The number of carbonyl (C=O) groups is 1. The molecule has 2 heterocycles. The van der Waals surface area contributed by atoms with Gasteiger partial charge in [0.15, 0.2) is 5.78 Å². The van der Waals surface area contributed by atoms with Gasteiger partial charge in [-0.3, -0.25) is 4.79 Å². The molecule has 0 aliphatic carbocycles. The van der Waals surface area contributed by atoms with Crippen LogP contribution in [0.3, 0.4) is 0 Å². The molecule has 0 spiro atoms. The molecule has 0 fully saturated rings. The van der Waals surface area contributed by atoms with Crippen molar-refractivity contribution in [2.24, 2.45) is 0 Å². The first-order valence-corrected chi connectivity index (χ1v) is 8.38. The number of aryl methyl sites for hydroxylation is 1. The molecule has 4 rings (SSSR count). The maximum atomic E-state index is 14.5. The molecule has 0 bridgehead atoms. The second-order valence-corrected chi connectivity index (χ2v) is 6.39. The van der Waals surface area contributed by atoms with Gasteiger partial charge in [0, 0.05) is 29.1 Å². The molecule has 0 aliphatic heterocycles. The molecular weight excluding hydrogens is 327 g/mol. The van der Waals surface area contributed by atoms with Gasteiger partial charge in [0.2, 0.25) is 0 Å². The van der Waals surface area contributed by atoms with Crippen molar-refractivity contribution in [3.63, 3.8) is 0 Å². The Kier molecular flexibility index (Phi) is 3.88. The third-order valence-corrected chi connectivity index (χ3v) is 4.48. The number of hydrogen-bond acceptors (Lipinski definition) is 2. The third-order valence-electron chi connectivity index (χ3n) is 4.48. The molecule has 2 aromatic carbocycles. The van der Waals surface area contributed by atoms with Gasteiger partial charge in [-0.15, -0.1) is 0 Å². The lowest BCUT2D eigenvalue weighted by molar-refractivity contribution is 0.101. The minimum absolute atomic E-state index is 0.000762. The number of ketones is 1. The van der Waals surface area contributed by atoms with E-state index in [1.165, 1.54) is 13.0 Å². The first kappa shape index (κ1) is 16.2. The van der Waals surface area contributed by atoms with Crippen LogP contribution >= 0.6 is 0 Å². The van der Waals surface area contributed by atoms with E-state index in [9.17, 15) is 9.18 Å². The first-order chi connectivity index (χ1) is 12.5. The summed E-state index contributed by atoms with van der Waals surface area (Å²) in [5.74, 6) is -0.251. The maximum Gasteiger partial charge on any atom is 0.159 e. The molecule has 0 N–H and O–H groups in total. The Morgan fingerprint density at radius 1 is 1.00 bits per heavy atom. The van der Waals surface area contributed by atoms with E-state index in [2.05, 4.69) is 4.98 Å². The van der Waals surface area contributed by atoms with Gasteiger partial charge in [0.25, 0.3) is 0 Å². The van der Waals surface area contributed by atoms with Crippen LogP contribution in [0.1, 0.15) is 22.8 Å². The molecule has 26 heavy (non-hydrogen) atoms. The minimum atomic E-state index is -0.250. The zero-order valence-electron chi connectivity index (χ0n) is 14.5. The summed E-state index contributed by atoms with van der Waals surface area (Å²) in [6.45, 7) is 3.40. The number of imidazole rings is 1. The van der Waals surface area contributed by atoms with Crippen LogP contribution in [0.5, 0.6) is 0 Å². The number of carbonyl (C=O) groups excluding carboxylic acids is 1. The van der Waals surface area contributed by atoms with Crippen molar-refractivity contribution >= 4 is 11.4 Å². The van der Waals surface area contributed by atoms with E-state index in [0.717, 1.165) is 22.4 Å². The highest BCUT2D eigenvalue weighted by atomic mass is 19.1. The maximum absolute atomic E-state index is 14.5. The Hall–Kier alpha value is -3.27. The summed E-state index contributed by atoms with van der Waals surface area (Å²) >= 11 is 0. The number of pyridine rings is 1. The Balaban J connectivity index is 1.89. The highest BCUT2D eigenvalue weighted by Crippen LogP contribution is 2.33. The number of halogens is 1. The second-order valence-electron chi connectivity index (χ2n) is 6.39. The highest BCUT2D eigenvalue weighted by molar-refractivity contribution is 5.95. The van der Waals surface area contributed by atoms with Crippen molar-refractivity contribution in [1.82, 2.24) is 9.38 Å². The van der Waals surface area contributed by atoms with E-state index in [0.29, 0.717) is 16.8 Å². The lowest BCUT2D eigenvalue weighted by Crippen LogP contribution is -1.93. The van der Waals surface area contributed by atoms with Crippen molar-refractivity contribution in [3.05, 3.63) is 83.9 Å². The third kappa shape index (κ3) is 2.80. The van der Waals surface area contributed by atoms with Gasteiger partial charge in [0.05, 0.1) is 5.69 Å². The van der Waals surface area contributed by atoms with Gasteiger partial charge in [0.1, 0.15) is 11.5 Å². The molecular formula is C22H17FN2O. The summed E-state index contributed by atoms with van der Waals surface area (Å²) in [6.07, 6.45) is 3.71. The minimum Gasteiger partial charge on any atom is -0.306 e. The zero-order chi connectivity index (χ0) is 18.3. The van der Waals surface area contributed by atoms with E-state index >= 15 is 0 Å². The number of benzene rings is 2. The van der Waals surface area contributed by atoms with Crippen LogP contribution in [0.15, 0.2) is 67.0 Å². The number of fused-ring (bicyclic) bond motifs is 1. The number of rotatable bonds is 3. The summed E-state index contributed by atoms with van der Waals surface area (Å²) in [4.78, 5) is 16.2. The lowest BCUT2D eigenvalue weighted by atomic mass is 9.97. The summed E-state index contributed by atoms with van der Waals surface area (Å²) < 4.78 is 16.4. The molecule has 0 saturated carbocycles. The van der Waals surface area contributed by atoms with Gasteiger partial charge < -0.3 is 4.40 Å². The Bertz CT molecular complexity index is 1140. The number of nitrogens with zero attached hydrogens (tertiary/aromatic N) is 2. The van der Waals surface area contributed by atoms with Crippen molar-refractivity contribution < 1.29 is 9.18 Å². The predicted octanol–water partition coefficient (Wildman–Crippen LogP) is 5.32. The molecule has 0 saturated heterocycles. The van der Waals surface area contributed by atoms with Crippen LogP contribution in [0, 0.1) is 12.7 Å². The van der Waals surface area contributed by atoms with Crippen LogP contribution in [0.4, 0.5) is 4.39 Å². The van der Waals surface area contributed by atoms with Crippen LogP contribution in [0.2, 0.25) is 0 Å². The second kappa shape index (κ2) is 6.23. The van der Waals surface area contributed by atoms with Crippen LogP contribution in [0.25, 0.3) is 28.0 Å². The summed E-state index contributed by atoms with van der Waals surface area (Å²) in [5.41, 5.74) is 5.12. The van der Waals surface area contributed by atoms with Crippen LogP contribution in [-0.4, -0.2) is 15.2 Å². The van der Waals surface area contributed by atoms with Gasteiger partial charge in [-0.25, -0.2) is 9.37 Å². The monoisotopic (exact) mass is 344 g/mol.